The lowest BCUT2D eigenvalue weighted by Crippen LogP contribution is -2.45. The fourth-order valence-electron chi connectivity index (χ4n) is 1.84. The number of rotatable bonds is 6. The van der Waals surface area contributed by atoms with Crippen LogP contribution < -0.4 is 10.5 Å². The molecule has 1 fully saturated rings. The van der Waals surface area contributed by atoms with Gasteiger partial charge in [-0.15, -0.1) is 0 Å². The van der Waals surface area contributed by atoms with Crippen LogP contribution in [0.3, 0.4) is 0 Å². The molecule has 1 heterocycles. The molecule has 4 N–H and O–H groups in total. The van der Waals surface area contributed by atoms with E-state index in [4.69, 9.17) is 10.9 Å². The summed E-state index contributed by atoms with van der Waals surface area (Å²) in [6, 6.07) is 0. The van der Waals surface area contributed by atoms with Gasteiger partial charge in [0, 0.05) is 26.1 Å². The van der Waals surface area contributed by atoms with E-state index in [1.165, 1.54) is 4.31 Å². The van der Waals surface area contributed by atoms with Gasteiger partial charge in [-0.3, -0.25) is 0 Å². The van der Waals surface area contributed by atoms with Crippen molar-refractivity contribution in [2.75, 3.05) is 19.6 Å². The van der Waals surface area contributed by atoms with Crippen molar-refractivity contribution in [3.63, 3.8) is 0 Å². The summed E-state index contributed by atoms with van der Waals surface area (Å²) >= 11 is 0. The van der Waals surface area contributed by atoms with Crippen molar-refractivity contribution in [3.05, 3.63) is 0 Å². The summed E-state index contributed by atoms with van der Waals surface area (Å²) in [6.45, 7) is 3.59. The van der Waals surface area contributed by atoms with Crippen LogP contribution in [0.1, 0.15) is 32.6 Å². The molecule has 0 bridgehead atoms. The summed E-state index contributed by atoms with van der Waals surface area (Å²) in [5.74, 6) is 0.706. The molecular formula is C10H22N4O3S. The quantitative estimate of drug-likeness (QED) is 0.210. The number of nitrogens with one attached hydrogen (secondary N) is 1. The fourth-order valence-corrected chi connectivity index (χ4v) is 3.11. The van der Waals surface area contributed by atoms with Gasteiger partial charge in [-0.05, 0) is 25.2 Å². The predicted molar refractivity (Wildman–Crippen MR) is 69.5 cm³/mol. The molecule has 106 valence electrons. The third kappa shape index (κ3) is 4.79. The van der Waals surface area contributed by atoms with E-state index in [2.05, 4.69) is 16.8 Å². The van der Waals surface area contributed by atoms with Gasteiger partial charge in [0.15, 0.2) is 0 Å². The molecule has 1 rings (SSSR count). The highest BCUT2D eigenvalue weighted by Gasteiger charge is 2.25. The number of piperidine rings is 1. The van der Waals surface area contributed by atoms with Crippen LogP contribution in [0.2, 0.25) is 0 Å². The zero-order valence-corrected chi connectivity index (χ0v) is 11.5. The number of nitrogens with two attached hydrogens (primary N) is 1. The molecule has 0 amide bonds. The van der Waals surface area contributed by atoms with Crippen LogP contribution in [0.25, 0.3) is 0 Å². The number of oxime groups is 1. The Morgan fingerprint density at radius 1 is 1.50 bits per heavy atom. The van der Waals surface area contributed by atoms with Gasteiger partial charge >= 0.3 is 0 Å². The second-order valence-electron chi connectivity index (χ2n) is 4.68. The van der Waals surface area contributed by atoms with Gasteiger partial charge < -0.3 is 10.9 Å². The van der Waals surface area contributed by atoms with Crippen molar-refractivity contribution in [2.24, 2.45) is 16.8 Å². The summed E-state index contributed by atoms with van der Waals surface area (Å²) < 4.78 is 27.8. The molecule has 0 atom stereocenters. The van der Waals surface area contributed by atoms with Crippen molar-refractivity contribution in [3.8, 4) is 0 Å². The van der Waals surface area contributed by atoms with Crippen molar-refractivity contribution in [1.82, 2.24) is 9.03 Å². The Hall–Kier alpha value is -0.860. The zero-order valence-electron chi connectivity index (χ0n) is 10.7. The average molecular weight is 278 g/mol. The molecule has 18 heavy (non-hydrogen) atoms. The van der Waals surface area contributed by atoms with E-state index in [0.717, 1.165) is 12.8 Å². The zero-order chi connectivity index (χ0) is 13.6. The SMILES string of the molecule is CC1CCN(S(=O)(=O)NCCCC(N)=NO)CC1. The summed E-state index contributed by atoms with van der Waals surface area (Å²) in [5.41, 5.74) is 5.29. The normalized spacial score (nSPS) is 20.2. The molecule has 7 nitrogen and oxygen atoms in total. The highest BCUT2D eigenvalue weighted by Crippen LogP contribution is 2.17. The minimum absolute atomic E-state index is 0.112. The Morgan fingerprint density at radius 2 is 2.11 bits per heavy atom. The van der Waals surface area contributed by atoms with Crippen LogP contribution in [0.15, 0.2) is 5.16 Å². The van der Waals surface area contributed by atoms with E-state index in [1.807, 2.05) is 0 Å². The predicted octanol–water partition coefficient (Wildman–Crippen LogP) is 0.0793. The van der Waals surface area contributed by atoms with Crippen molar-refractivity contribution in [2.45, 2.75) is 32.6 Å². The molecule has 0 aromatic rings. The number of hydrogen-bond acceptors (Lipinski definition) is 4. The standard InChI is InChI=1S/C10H22N4O3S/c1-9-4-7-14(8-5-9)18(16,17)12-6-2-3-10(11)13-15/h9,12,15H,2-8H2,1H3,(H2,11,13). The molecule has 1 aliphatic rings. The lowest BCUT2D eigenvalue weighted by Gasteiger charge is -2.29. The monoisotopic (exact) mass is 278 g/mol. The highest BCUT2D eigenvalue weighted by molar-refractivity contribution is 7.87. The third-order valence-corrected chi connectivity index (χ3v) is 4.72. The number of nitrogens with zero attached hydrogens (tertiary/aromatic N) is 2. The van der Waals surface area contributed by atoms with Crippen molar-refractivity contribution >= 4 is 16.0 Å². The van der Waals surface area contributed by atoms with Crippen LogP contribution in [0, 0.1) is 5.92 Å². The van der Waals surface area contributed by atoms with Crippen LogP contribution >= 0.6 is 0 Å². The molecule has 0 saturated carbocycles. The van der Waals surface area contributed by atoms with Crippen LogP contribution in [0.5, 0.6) is 0 Å². The maximum atomic E-state index is 11.9. The fraction of sp³-hybridized carbons (Fsp3) is 0.900. The molecule has 1 aliphatic heterocycles. The van der Waals surface area contributed by atoms with E-state index in [-0.39, 0.29) is 5.84 Å². The van der Waals surface area contributed by atoms with Crippen LogP contribution in [0.4, 0.5) is 0 Å². The first-order valence-corrected chi connectivity index (χ1v) is 7.61. The Labute approximate surface area is 108 Å². The summed E-state index contributed by atoms with van der Waals surface area (Å²) in [5, 5.41) is 11.2. The van der Waals surface area contributed by atoms with Gasteiger partial charge in [0.25, 0.3) is 10.2 Å². The van der Waals surface area contributed by atoms with Crippen molar-refractivity contribution in [1.29, 1.82) is 0 Å². The molecular weight excluding hydrogens is 256 g/mol. The van der Waals surface area contributed by atoms with E-state index in [1.54, 1.807) is 0 Å². The van der Waals surface area contributed by atoms with Crippen molar-refractivity contribution < 1.29 is 13.6 Å². The van der Waals surface area contributed by atoms with Crippen LogP contribution in [-0.4, -0.2) is 43.4 Å². The number of hydrogen-bond donors (Lipinski definition) is 3. The largest absolute Gasteiger partial charge is 0.409 e. The third-order valence-electron chi connectivity index (χ3n) is 3.11. The van der Waals surface area contributed by atoms with Gasteiger partial charge in [0.1, 0.15) is 5.84 Å². The topological polar surface area (TPSA) is 108 Å². The second-order valence-corrected chi connectivity index (χ2v) is 6.43. The first-order chi connectivity index (χ1) is 8.45. The smallest absolute Gasteiger partial charge is 0.279 e. The maximum absolute atomic E-state index is 11.9. The Morgan fingerprint density at radius 3 is 2.67 bits per heavy atom. The average Bonchev–Trinajstić information content (AvgIpc) is 2.35. The molecule has 0 aromatic carbocycles. The lowest BCUT2D eigenvalue weighted by molar-refractivity contribution is 0.285. The molecule has 0 aromatic heterocycles. The summed E-state index contributed by atoms with van der Waals surface area (Å²) in [7, 11) is -3.37. The number of amidine groups is 1. The van der Waals surface area contributed by atoms with Gasteiger partial charge in [0.2, 0.25) is 0 Å². The van der Waals surface area contributed by atoms with Gasteiger partial charge in [-0.2, -0.15) is 12.7 Å². The maximum Gasteiger partial charge on any atom is 0.279 e. The summed E-state index contributed by atoms with van der Waals surface area (Å²) in [6.07, 6.45) is 2.70. The lowest BCUT2D eigenvalue weighted by atomic mass is 10.0. The molecule has 8 heteroatoms. The van der Waals surface area contributed by atoms with Gasteiger partial charge in [-0.1, -0.05) is 12.1 Å². The van der Waals surface area contributed by atoms with E-state index in [9.17, 15) is 8.42 Å². The first-order valence-electron chi connectivity index (χ1n) is 6.17. The molecule has 0 unspecified atom stereocenters. The Kier molecular flexibility index (Phi) is 5.83. The molecule has 0 aliphatic carbocycles. The first kappa shape index (κ1) is 15.2. The minimum atomic E-state index is -3.37. The molecule has 1 saturated heterocycles. The Balaban J connectivity index is 2.31. The highest BCUT2D eigenvalue weighted by atomic mass is 32.2. The summed E-state index contributed by atoms with van der Waals surface area (Å²) in [4.78, 5) is 0. The van der Waals surface area contributed by atoms with Gasteiger partial charge in [-0.25, -0.2) is 4.72 Å². The minimum Gasteiger partial charge on any atom is -0.409 e. The Bertz CT molecular complexity index is 375. The molecule has 0 radical (unpaired) electrons. The van der Waals surface area contributed by atoms with Crippen LogP contribution in [-0.2, 0) is 10.2 Å². The van der Waals surface area contributed by atoms with E-state index < -0.39 is 10.2 Å². The van der Waals surface area contributed by atoms with E-state index >= 15 is 0 Å². The second kappa shape index (κ2) is 6.91. The van der Waals surface area contributed by atoms with E-state index in [0.29, 0.717) is 38.4 Å². The molecule has 0 spiro atoms. The van der Waals surface area contributed by atoms with Gasteiger partial charge in [0.05, 0.1) is 0 Å².